The lowest BCUT2D eigenvalue weighted by Crippen LogP contribution is -2.51. The minimum absolute atomic E-state index is 0.0569. The van der Waals surface area contributed by atoms with Crippen molar-refractivity contribution in [2.75, 3.05) is 51.4 Å². The zero-order valence-corrected chi connectivity index (χ0v) is 15.0. The van der Waals surface area contributed by atoms with E-state index in [1.165, 1.54) is 0 Å². The number of carbonyl (C=O) groups is 1. The van der Waals surface area contributed by atoms with Gasteiger partial charge in [0.15, 0.2) is 0 Å². The summed E-state index contributed by atoms with van der Waals surface area (Å²) in [5.74, 6) is 0.800. The number of rotatable bonds is 6. The molecule has 2 aliphatic heterocycles. The molecule has 0 aromatic carbocycles. The Morgan fingerprint density at radius 3 is 2.84 bits per heavy atom. The van der Waals surface area contributed by atoms with Gasteiger partial charge in [0, 0.05) is 38.9 Å². The monoisotopic (exact) mass is 349 g/mol. The van der Waals surface area contributed by atoms with Gasteiger partial charge in [0.2, 0.25) is 0 Å². The highest BCUT2D eigenvalue weighted by atomic mass is 16.5. The second kappa shape index (κ2) is 8.49. The Labute approximate surface area is 148 Å². The van der Waals surface area contributed by atoms with Crippen LogP contribution in [0.4, 0.5) is 5.69 Å². The number of amides is 1. The lowest BCUT2D eigenvalue weighted by atomic mass is 10.2. The molecular formula is C18H27N3O4. The quantitative estimate of drug-likeness (QED) is 0.772. The summed E-state index contributed by atoms with van der Waals surface area (Å²) in [7, 11) is 1.63. The number of hydrogen-bond donors (Lipinski definition) is 0. The maximum Gasteiger partial charge on any atom is 0.251 e. The van der Waals surface area contributed by atoms with Crippen molar-refractivity contribution in [2.45, 2.75) is 32.0 Å². The number of hydrogen-bond acceptors (Lipinski definition) is 6. The van der Waals surface area contributed by atoms with Crippen molar-refractivity contribution in [3.63, 3.8) is 0 Å². The lowest BCUT2D eigenvalue weighted by molar-refractivity contribution is -0.144. The van der Waals surface area contributed by atoms with E-state index in [1.807, 2.05) is 24.1 Å². The van der Waals surface area contributed by atoms with E-state index < -0.39 is 6.10 Å². The second-order valence-corrected chi connectivity index (χ2v) is 6.51. The van der Waals surface area contributed by atoms with Crippen LogP contribution in [-0.4, -0.2) is 74.5 Å². The van der Waals surface area contributed by atoms with Gasteiger partial charge < -0.3 is 24.0 Å². The Bertz CT molecular complexity index is 569. The molecule has 0 bridgehead atoms. The van der Waals surface area contributed by atoms with Gasteiger partial charge >= 0.3 is 0 Å². The third-order valence-corrected chi connectivity index (χ3v) is 4.79. The SMILES string of the molecule is COc1cncc(N2CCN(C(=O)[C@H](C)OC[C@H]3CCCO3)CC2)c1. The molecule has 3 rings (SSSR count). The predicted molar refractivity (Wildman–Crippen MR) is 94.0 cm³/mol. The molecule has 0 unspecified atom stereocenters. The van der Waals surface area contributed by atoms with Gasteiger partial charge in [-0.1, -0.05) is 0 Å². The summed E-state index contributed by atoms with van der Waals surface area (Å²) < 4.78 is 16.5. The van der Waals surface area contributed by atoms with Crippen molar-refractivity contribution >= 4 is 11.6 Å². The van der Waals surface area contributed by atoms with Crippen LogP contribution in [0.2, 0.25) is 0 Å². The Balaban J connectivity index is 1.46. The van der Waals surface area contributed by atoms with Crippen LogP contribution in [0.1, 0.15) is 19.8 Å². The molecule has 2 saturated heterocycles. The van der Waals surface area contributed by atoms with Gasteiger partial charge in [0.1, 0.15) is 11.9 Å². The molecule has 7 heteroatoms. The van der Waals surface area contributed by atoms with E-state index in [0.717, 1.165) is 44.0 Å². The van der Waals surface area contributed by atoms with E-state index >= 15 is 0 Å². The summed E-state index contributed by atoms with van der Waals surface area (Å²) in [5.41, 5.74) is 1.02. The van der Waals surface area contributed by atoms with Crippen LogP contribution in [0.15, 0.2) is 18.5 Å². The molecule has 1 aromatic heterocycles. The number of ether oxygens (including phenoxy) is 3. The zero-order chi connectivity index (χ0) is 17.6. The average Bonchev–Trinajstić information content (AvgIpc) is 3.19. The number of anilines is 1. The van der Waals surface area contributed by atoms with Gasteiger partial charge in [-0.15, -0.1) is 0 Å². The first-order chi connectivity index (χ1) is 12.2. The van der Waals surface area contributed by atoms with Crippen LogP contribution in [0.5, 0.6) is 5.75 Å². The predicted octanol–water partition coefficient (Wildman–Crippen LogP) is 1.32. The van der Waals surface area contributed by atoms with Crippen LogP contribution in [-0.2, 0) is 14.3 Å². The molecule has 2 aliphatic rings. The van der Waals surface area contributed by atoms with E-state index in [0.29, 0.717) is 19.7 Å². The standard InChI is InChI=1S/C18H27N3O4/c1-14(25-13-16-4-3-9-24-16)18(22)21-7-5-20(6-8-21)15-10-17(23-2)12-19-11-15/h10-12,14,16H,3-9,13H2,1-2H3/t14-,16+/m0/s1. The van der Waals surface area contributed by atoms with E-state index in [2.05, 4.69) is 9.88 Å². The summed E-state index contributed by atoms with van der Waals surface area (Å²) >= 11 is 0. The summed E-state index contributed by atoms with van der Waals surface area (Å²) in [5, 5.41) is 0. The van der Waals surface area contributed by atoms with E-state index in [-0.39, 0.29) is 12.0 Å². The normalized spacial score (nSPS) is 22.1. The number of aromatic nitrogens is 1. The number of pyridine rings is 1. The van der Waals surface area contributed by atoms with Crippen LogP contribution in [0, 0.1) is 0 Å². The lowest BCUT2D eigenvalue weighted by Gasteiger charge is -2.37. The smallest absolute Gasteiger partial charge is 0.251 e. The van der Waals surface area contributed by atoms with Crippen LogP contribution in [0.3, 0.4) is 0 Å². The van der Waals surface area contributed by atoms with Gasteiger partial charge in [-0.2, -0.15) is 0 Å². The molecule has 3 heterocycles. The van der Waals surface area contributed by atoms with Crippen molar-refractivity contribution in [1.29, 1.82) is 0 Å². The minimum Gasteiger partial charge on any atom is -0.495 e. The highest BCUT2D eigenvalue weighted by molar-refractivity contribution is 5.80. The third-order valence-electron chi connectivity index (χ3n) is 4.79. The molecule has 7 nitrogen and oxygen atoms in total. The van der Waals surface area contributed by atoms with Crippen molar-refractivity contribution in [2.24, 2.45) is 0 Å². The fraction of sp³-hybridized carbons (Fsp3) is 0.667. The summed E-state index contributed by atoms with van der Waals surface area (Å²) in [6.45, 7) is 6.06. The third kappa shape index (κ3) is 4.61. The van der Waals surface area contributed by atoms with Crippen LogP contribution < -0.4 is 9.64 Å². The molecule has 1 amide bonds. The van der Waals surface area contributed by atoms with E-state index in [1.54, 1.807) is 13.3 Å². The summed E-state index contributed by atoms with van der Waals surface area (Å²) in [6, 6.07) is 1.97. The molecule has 1 aromatic rings. The molecule has 0 aliphatic carbocycles. The van der Waals surface area contributed by atoms with Crippen LogP contribution >= 0.6 is 0 Å². The molecule has 2 atom stereocenters. The highest BCUT2D eigenvalue weighted by Crippen LogP contribution is 2.21. The van der Waals surface area contributed by atoms with Crippen molar-refractivity contribution in [1.82, 2.24) is 9.88 Å². The van der Waals surface area contributed by atoms with Crippen LogP contribution in [0.25, 0.3) is 0 Å². The summed E-state index contributed by atoms with van der Waals surface area (Å²) in [4.78, 5) is 20.9. The van der Waals surface area contributed by atoms with Crippen molar-refractivity contribution in [3.8, 4) is 5.75 Å². The minimum atomic E-state index is -0.422. The number of methoxy groups -OCH3 is 1. The van der Waals surface area contributed by atoms with Crippen molar-refractivity contribution in [3.05, 3.63) is 18.5 Å². The number of piperazine rings is 1. The molecule has 0 N–H and O–H groups in total. The Morgan fingerprint density at radius 2 is 2.16 bits per heavy atom. The zero-order valence-electron chi connectivity index (χ0n) is 15.0. The van der Waals surface area contributed by atoms with Crippen molar-refractivity contribution < 1.29 is 19.0 Å². The maximum atomic E-state index is 12.6. The number of carbonyl (C=O) groups excluding carboxylic acids is 1. The van der Waals surface area contributed by atoms with Gasteiger partial charge in [-0.05, 0) is 19.8 Å². The van der Waals surface area contributed by atoms with Gasteiger partial charge in [0.25, 0.3) is 5.91 Å². The fourth-order valence-electron chi connectivity index (χ4n) is 3.23. The molecule has 138 valence electrons. The molecule has 0 spiro atoms. The fourth-order valence-corrected chi connectivity index (χ4v) is 3.23. The first-order valence-corrected chi connectivity index (χ1v) is 8.93. The summed E-state index contributed by atoms with van der Waals surface area (Å²) in [6.07, 6.45) is 5.34. The first kappa shape index (κ1) is 17.9. The Hall–Kier alpha value is -1.86. The molecule has 0 saturated carbocycles. The van der Waals surface area contributed by atoms with Gasteiger partial charge in [-0.3, -0.25) is 9.78 Å². The maximum absolute atomic E-state index is 12.6. The Kier molecular flexibility index (Phi) is 6.09. The second-order valence-electron chi connectivity index (χ2n) is 6.51. The topological polar surface area (TPSA) is 64.1 Å². The molecule has 2 fully saturated rings. The first-order valence-electron chi connectivity index (χ1n) is 8.93. The van der Waals surface area contributed by atoms with E-state index in [4.69, 9.17) is 14.2 Å². The molecule has 0 radical (unpaired) electrons. The molecular weight excluding hydrogens is 322 g/mol. The van der Waals surface area contributed by atoms with Gasteiger partial charge in [-0.25, -0.2) is 0 Å². The van der Waals surface area contributed by atoms with Gasteiger partial charge in [0.05, 0.1) is 37.9 Å². The number of nitrogens with zero attached hydrogens (tertiary/aromatic N) is 3. The average molecular weight is 349 g/mol. The largest absolute Gasteiger partial charge is 0.495 e. The molecule has 25 heavy (non-hydrogen) atoms. The highest BCUT2D eigenvalue weighted by Gasteiger charge is 2.27. The Morgan fingerprint density at radius 1 is 1.36 bits per heavy atom. The van der Waals surface area contributed by atoms with E-state index in [9.17, 15) is 4.79 Å².